The first-order valence-electron chi connectivity index (χ1n) is 8.95. The van der Waals surface area contributed by atoms with Crippen molar-refractivity contribution < 1.29 is 14.6 Å². The van der Waals surface area contributed by atoms with E-state index >= 15 is 0 Å². The zero-order chi connectivity index (χ0) is 20.5. The summed E-state index contributed by atoms with van der Waals surface area (Å²) < 4.78 is 5.31. The van der Waals surface area contributed by atoms with Crippen molar-refractivity contribution in [1.29, 1.82) is 0 Å². The lowest BCUT2D eigenvalue weighted by atomic mass is 9.94. The molecule has 5 nitrogen and oxygen atoms in total. The molecule has 2 N–H and O–H groups in total. The molecule has 1 heterocycles. The van der Waals surface area contributed by atoms with Crippen molar-refractivity contribution in [3.8, 4) is 5.75 Å². The van der Waals surface area contributed by atoms with Crippen molar-refractivity contribution in [3.63, 3.8) is 0 Å². The third kappa shape index (κ3) is 6.22. The smallest absolute Gasteiger partial charge is 0.349 e. The number of carboxylic acids is 1. The second-order valence-electron chi connectivity index (χ2n) is 6.27. The molecular weight excluding hydrogens is 376 g/mol. The first-order valence-corrected chi connectivity index (χ1v) is 9.33. The molecule has 3 rings (SSSR count). The standard InChI is InChI=1S/C18H18ClNO.C4H7NO2/c1-21-17-7-3-4-13(11-17)14-8-9-20-18(12-14)15-5-2-6-16(19)10-15;1-3(5-2)4(6)7/h2-7,10-12,18,20H,8-9H2,1H3;1-2H3,(H,6,7). The van der Waals surface area contributed by atoms with Gasteiger partial charge < -0.3 is 15.2 Å². The van der Waals surface area contributed by atoms with Gasteiger partial charge in [-0.25, -0.2) is 4.79 Å². The van der Waals surface area contributed by atoms with Gasteiger partial charge in [0, 0.05) is 18.6 Å². The number of carboxylic acid groups (broad SMARTS) is 1. The average Bonchev–Trinajstić information content (AvgIpc) is 2.73. The lowest BCUT2D eigenvalue weighted by Crippen LogP contribution is -2.25. The maximum absolute atomic E-state index is 9.80. The summed E-state index contributed by atoms with van der Waals surface area (Å²) in [5, 5.41) is 12.4. The Morgan fingerprint density at radius 2 is 2.00 bits per heavy atom. The monoisotopic (exact) mass is 400 g/mol. The Balaban J connectivity index is 0.000000345. The van der Waals surface area contributed by atoms with Gasteiger partial charge in [-0.05, 0) is 54.3 Å². The van der Waals surface area contributed by atoms with Crippen LogP contribution in [0.25, 0.3) is 5.57 Å². The number of aliphatic imine (C=N–C) groups is 1. The number of nitrogens with one attached hydrogen (secondary N) is 1. The summed E-state index contributed by atoms with van der Waals surface area (Å²) in [5.74, 6) is -0.0614. The van der Waals surface area contributed by atoms with E-state index < -0.39 is 5.97 Å². The Labute approximate surface area is 170 Å². The number of ether oxygens (including phenoxy) is 1. The van der Waals surface area contributed by atoms with E-state index in [2.05, 4.69) is 34.6 Å². The number of methoxy groups -OCH3 is 1. The van der Waals surface area contributed by atoms with E-state index in [1.807, 2.05) is 30.3 Å². The summed E-state index contributed by atoms with van der Waals surface area (Å²) in [6, 6.07) is 16.5. The zero-order valence-electron chi connectivity index (χ0n) is 16.3. The molecule has 2 aromatic rings. The summed E-state index contributed by atoms with van der Waals surface area (Å²) in [7, 11) is 3.15. The minimum Gasteiger partial charge on any atom is -0.497 e. The van der Waals surface area contributed by atoms with Gasteiger partial charge in [0.05, 0.1) is 13.2 Å². The molecule has 28 heavy (non-hydrogen) atoms. The molecule has 0 aromatic heterocycles. The van der Waals surface area contributed by atoms with Crippen molar-refractivity contribution in [2.24, 2.45) is 4.99 Å². The maximum Gasteiger partial charge on any atom is 0.349 e. The number of carbonyl (C=O) groups is 1. The van der Waals surface area contributed by atoms with Crippen LogP contribution in [0.3, 0.4) is 0 Å². The van der Waals surface area contributed by atoms with E-state index in [0.717, 1.165) is 23.7 Å². The fraction of sp³-hybridized carbons (Fsp3) is 0.273. The Kier molecular flexibility index (Phi) is 8.23. The molecule has 1 aliphatic heterocycles. The minimum absolute atomic E-state index is 0.139. The second kappa shape index (κ2) is 10.6. The first-order chi connectivity index (χ1) is 13.4. The molecule has 0 radical (unpaired) electrons. The van der Waals surface area contributed by atoms with E-state index in [9.17, 15) is 4.79 Å². The average molecular weight is 401 g/mol. The number of hydrogen-bond donors (Lipinski definition) is 2. The predicted molar refractivity (Wildman–Crippen MR) is 114 cm³/mol. The Hall–Kier alpha value is -2.63. The predicted octanol–water partition coefficient (Wildman–Crippen LogP) is 4.63. The summed E-state index contributed by atoms with van der Waals surface area (Å²) in [6.45, 7) is 2.41. The van der Waals surface area contributed by atoms with Crippen LogP contribution in [-0.2, 0) is 4.79 Å². The van der Waals surface area contributed by atoms with Crippen LogP contribution < -0.4 is 10.1 Å². The SMILES string of the molecule is CN=C(C)C(=O)O.COc1cccc(C2=CC(c3cccc(Cl)c3)NCC2)c1. The fourth-order valence-electron chi connectivity index (χ4n) is 2.78. The van der Waals surface area contributed by atoms with Gasteiger partial charge in [-0.2, -0.15) is 0 Å². The van der Waals surface area contributed by atoms with Crippen LogP contribution in [0.1, 0.15) is 30.5 Å². The normalized spacial score (nSPS) is 16.5. The number of rotatable bonds is 4. The van der Waals surface area contributed by atoms with Crippen LogP contribution in [-0.4, -0.2) is 37.5 Å². The number of halogens is 1. The van der Waals surface area contributed by atoms with Crippen molar-refractivity contribution in [3.05, 3.63) is 70.8 Å². The molecule has 1 atom stereocenters. The van der Waals surface area contributed by atoms with Crippen molar-refractivity contribution in [2.75, 3.05) is 20.7 Å². The van der Waals surface area contributed by atoms with Gasteiger partial charge in [-0.3, -0.25) is 4.99 Å². The van der Waals surface area contributed by atoms with Crippen molar-refractivity contribution >= 4 is 28.9 Å². The molecule has 0 saturated heterocycles. The Morgan fingerprint density at radius 3 is 2.61 bits per heavy atom. The highest BCUT2D eigenvalue weighted by atomic mass is 35.5. The Morgan fingerprint density at radius 1 is 1.25 bits per heavy atom. The van der Waals surface area contributed by atoms with Gasteiger partial charge in [0.15, 0.2) is 0 Å². The summed E-state index contributed by atoms with van der Waals surface area (Å²) >= 11 is 6.09. The quantitative estimate of drug-likeness (QED) is 0.734. The van der Waals surface area contributed by atoms with Crippen LogP contribution in [0.15, 0.2) is 59.6 Å². The van der Waals surface area contributed by atoms with Gasteiger partial charge in [-0.1, -0.05) is 41.9 Å². The van der Waals surface area contributed by atoms with Gasteiger partial charge in [0.2, 0.25) is 0 Å². The van der Waals surface area contributed by atoms with Gasteiger partial charge in [0.1, 0.15) is 11.5 Å². The number of aliphatic carboxylic acids is 1. The highest BCUT2D eigenvalue weighted by Crippen LogP contribution is 2.30. The van der Waals surface area contributed by atoms with E-state index in [1.54, 1.807) is 7.11 Å². The first kappa shape index (κ1) is 21.7. The third-order valence-corrected chi connectivity index (χ3v) is 4.65. The lowest BCUT2D eigenvalue weighted by Gasteiger charge is -2.24. The largest absolute Gasteiger partial charge is 0.497 e. The van der Waals surface area contributed by atoms with Crippen molar-refractivity contribution in [2.45, 2.75) is 19.4 Å². The molecule has 0 saturated carbocycles. The summed E-state index contributed by atoms with van der Waals surface area (Å²) in [6.07, 6.45) is 3.30. The topological polar surface area (TPSA) is 70.9 Å². The molecule has 1 unspecified atom stereocenters. The maximum atomic E-state index is 9.80. The summed E-state index contributed by atoms with van der Waals surface area (Å²) in [4.78, 5) is 13.2. The highest BCUT2D eigenvalue weighted by Gasteiger charge is 2.16. The second-order valence-corrected chi connectivity index (χ2v) is 6.71. The lowest BCUT2D eigenvalue weighted by molar-refractivity contribution is -0.129. The molecule has 0 amide bonds. The molecule has 0 spiro atoms. The van der Waals surface area contributed by atoms with Crippen LogP contribution >= 0.6 is 11.6 Å². The fourth-order valence-corrected chi connectivity index (χ4v) is 2.98. The van der Waals surface area contributed by atoms with Crippen molar-refractivity contribution in [1.82, 2.24) is 5.32 Å². The third-order valence-electron chi connectivity index (χ3n) is 4.42. The molecule has 2 aromatic carbocycles. The Bertz CT molecular complexity index is 878. The van der Waals surface area contributed by atoms with E-state index in [-0.39, 0.29) is 11.8 Å². The van der Waals surface area contributed by atoms with E-state index in [0.29, 0.717) is 0 Å². The number of benzene rings is 2. The zero-order valence-corrected chi connectivity index (χ0v) is 17.0. The van der Waals surface area contributed by atoms with Crippen LogP contribution in [0.4, 0.5) is 0 Å². The van der Waals surface area contributed by atoms with Crippen LogP contribution in [0.2, 0.25) is 5.02 Å². The number of hydrogen-bond acceptors (Lipinski definition) is 4. The molecule has 6 heteroatoms. The molecule has 148 valence electrons. The number of nitrogens with zero attached hydrogens (tertiary/aromatic N) is 1. The van der Waals surface area contributed by atoms with Gasteiger partial charge >= 0.3 is 5.97 Å². The van der Waals surface area contributed by atoms with E-state index in [4.69, 9.17) is 21.4 Å². The molecule has 0 fully saturated rings. The van der Waals surface area contributed by atoms with Crippen LogP contribution in [0.5, 0.6) is 5.75 Å². The molecule has 0 aliphatic carbocycles. The minimum atomic E-state index is -0.956. The van der Waals surface area contributed by atoms with Crippen LogP contribution in [0, 0.1) is 0 Å². The van der Waals surface area contributed by atoms with E-state index in [1.165, 1.54) is 30.7 Å². The molecular formula is C22H25ClN2O3. The van der Waals surface area contributed by atoms with Gasteiger partial charge in [-0.15, -0.1) is 0 Å². The summed E-state index contributed by atoms with van der Waals surface area (Å²) in [5.41, 5.74) is 3.91. The van der Waals surface area contributed by atoms with Gasteiger partial charge in [0.25, 0.3) is 0 Å². The molecule has 0 bridgehead atoms. The highest BCUT2D eigenvalue weighted by molar-refractivity contribution is 6.34. The molecule has 1 aliphatic rings.